The number of nitrogens with two attached hydrogens (primary N) is 1. The molecule has 1 aliphatic heterocycles. The highest BCUT2D eigenvalue weighted by Gasteiger charge is 2.42. The van der Waals surface area contributed by atoms with Crippen molar-refractivity contribution in [2.45, 2.75) is 44.6 Å². The molecule has 2 fully saturated rings. The van der Waals surface area contributed by atoms with Crippen molar-refractivity contribution in [3.63, 3.8) is 0 Å². The monoisotopic (exact) mass is 268 g/mol. The third kappa shape index (κ3) is 2.72. The first kappa shape index (κ1) is 13.8. The Labute approximate surface area is 111 Å². The van der Waals surface area contributed by atoms with Crippen molar-refractivity contribution in [1.29, 1.82) is 0 Å². The van der Waals surface area contributed by atoms with Crippen LogP contribution in [-0.2, 0) is 14.4 Å². The smallest absolute Gasteiger partial charge is 0.307 e. The number of hydrogen-bond donors (Lipinski definition) is 2. The van der Waals surface area contributed by atoms with Crippen molar-refractivity contribution in [1.82, 2.24) is 4.90 Å². The minimum absolute atomic E-state index is 0.201. The van der Waals surface area contributed by atoms with Gasteiger partial charge in [0.2, 0.25) is 11.8 Å². The van der Waals surface area contributed by atoms with E-state index in [0.717, 1.165) is 19.3 Å². The molecule has 3 atom stereocenters. The average Bonchev–Trinajstić information content (AvgIpc) is 2.87. The van der Waals surface area contributed by atoms with E-state index in [2.05, 4.69) is 0 Å². The Morgan fingerprint density at radius 2 is 1.63 bits per heavy atom. The quantitative estimate of drug-likeness (QED) is 0.771. The topological polar surface area (TPSA) is 101 Å². The molecule has 2 rings (SSSR count). The number of primary amides is 1. The molecule has 0 bridgehead atoms. The van der Waals surface area contributed by atoms with Crippen LogP contribution in [-0.4, -0.2) is 40.4 Å². The molecule has 1 saturated heterocycles. The molecule has 0 aromatic carbocycles. The van der Waals surface area contributed by atoms with Gasteiger partial charge in [0.05, 0.1) is 11.8 Å². The van der Waals surface area contributed by atoms with Crippen LogP contribution in [0.3, 0.4) is 0 Å². The van der Waals surface area contributed by atoms with Crippen LogP contribution in [0.15, 0.2) is 0 Å². The molecule has 2 amide bonds. The predicted molar refractivity (Wildman–Crippen MR) is 67.0 cm³/mol. The zero-order valence-corrected chi connectivity index (χ0v) is 10.9. The largest absolute Gasteiger partial charge is 0.481 e. The highest BCUT2D eigenvalue weighted by Crippen LogP contribution is 2.33. The lowest BCUT2D eigenvalue weighted by Crippen LogP contribution is -2.48. The molecule has 19 heavy (non-hydrogen) atoms. The molecule has 2 aliphatic rings. The Kier molecular flexibility index (Phi) is 4.07. The Bertz CT molecular complexity index is 396. The van der Waals surface area contributed by atoms with E-state index in [9.17, 15) is 19.5 Å². The van der Waals surface area contributed by atoms with Gasteiger partial charge >= 0.3 is 5.97 Å². The number of nitrogens with zero attached hydrogens (tertiary/aromatic N) is 1. The van der Waals surface area contributed by atoms with Crippen molar-refractivity contribution in [2.24, 2.45) is 17.6 Å². The first-order valence-corrected chi connectivity index (χ1v) is 6.85. The molecule has 1 saturated carbocycles. The molecular formula is C13H20N2O4. The van der Waals surface area contributed by atoms with E-state index in [4.69, 9.17) is 5.73 Å². The molecule has 6 nitrogen and oxygen atoms in total. The van der Waals surface area contributed by atoms with Crippen molar-refractivity contribution in [3.8, 4) is 0 Å². The van der Waals surface area contributed by atoms with Crippen molar-refractivity contribution in [2.75, 3.05) is 6.54 Å². The number of aliphatic carboxylic acids is 1. The van der Waals surface area contributed by atoms with E-state index in [1.165, 1.54) is 4.90 Å². The molecule has 6 heteroatoms. The highest BCUT2D eigenvalue weighted by atomic mass is 16.4. The van der Waals surface area contributed by atoms with Crippen molar-refractivity contribution < 1.29 is 19.5 Å². The van der Waals surface area contributed by atoms with Gasteiger partial charge in [-0.05, 0) is 25.7 Å². The fourth-order valence-electron chi connectivity index (χ4n) is 3.26. The zero-order chi connectivity index (χ0) is 14.0. The van der Waals surface area contributed by atoms with Crippen LogP contribution in [0.5, 0.6) is 0 Å². The fraction of sp³-hybridized carbons (Fsp3) is 0.769. The van der Waals surface area contributed by atoms with Crippen LogP contribution in [0.25, 0.3) is 0 Å². The Balaban J connectivity index is 2.13. The first-order chi connectivity index (χ1) is 9.02. The van der Waals surface area contributed by atoms with Crippen LogP contribution in [0.1, 0.15) is 38.5 Å². The molecule has 3 unspecified atom stereocenters. The lowest BCUT2D eigenvalue weighted by molar-refractivity contribution is -0.153. The number of carbonyl (C=O) groups is 3. The van der Waals surface area contributed by atoms with Gasteiger partial charge in [0.25, 0.3) is 0 Å². The summed E-state index contributed by atoms with van der Waals surface area (Å²) < 4.78 is 0. The average molecular weight is 268 g/mol. The van der Waals surface area contributed by atoms with Crippen molar-refractivity contribution >= 4 is 17.8 Å². The zero-order valence-electron chi connectivity index (χ0n) is 10.9. The summed E-state index contributed by atoms with van der Waals surface area (Å²) >= 11 is 0. The lowest BCUT2D eigenvalue weighted by Gasteiger charge is -2.32. The van der Waals surface area contributed by atoms with Crippen LogP contribution >= 0.6 is 0 Å². The molecule has 1 heterocycles. The number of carboxylic acid groups (broad SMARTS) is 1. The van der Waals surface area contributed by atoms with Crippen LogP contribution in [0.4, 0.5) is 0 Å². The SMILES string of the molecule is NC(=O)C1CCCN1C(=O)C1CCCCC1C(=O)O. The summed E-state index contributed by atoms with van der Waals surface area (Å²) in [5.74, 6) is -2.71. The normalized spacial score (nSPS) is 31.2. The van der Waals surface area contributed by atoms with Gasteiger partial charge in [-0.25, -0.2) is 0 Å². The summed E-state index contributed by atoms with van der Waals surface area (Å²) in [7, 11) is 0. The lowest BCUT2D eigenvalue weighted by atomic mass is 9.78. The van der Waals surface area contributed by atoms with Gasteiger partial charge in [-0.2, -0.15) is 0 Å². The number of carboxylic acids is 1. The van der Waals surface area contributed by atoms with Crippen LogP contribution < -0.4 is 5.73 Å². The summed E-state index contributed by atoms with van der Waals surface area (Å²) in [5.41, 5.74) is 5.30. The summed E-state index contributed by atoms with van der Waals surface area (Å²) in [4.78, 5) is 36.5. The number of rotatable bonds is 3. The second kappa shape index (κ2) is 5.59. The minimum Gasteiger partial charge on any atom is -0.481 e. The number of likely N-dealkylation sites (tertiary alicyclic amines) is 1. The number of hydrogen-bond acceptors (Lipinski definition) is 3. The van der Waals surface area contributed by atoms with E-state index in [0.29, 0.717) is 25.8 Å². The fourth-order valence-corrected chi connectivity index (χ4v) is 3.26. The third-order valence-corrected chi connectivity index (χ3v) is 4.26. The maximum Gasteiger partial charge on any atom is 0.307 e. The maximum absolute atomic E-state index is 12.5. The molecule has 0 spiro atoms. The van der Waals surface area contributed by atoms with Gasteiger partial charge < -0.3 is 15.7 Å². The molecule has 0 aromatic rings. The minimum atomic E-state index is -0.909. The second-order valence-electron chi connectivity index (χ2n) is 5.43. The van der Waals surface area contributed by atoms with Crippen LogP contribution in [0, 0.1) is 11.8 Å². The van der Waals surface area contributed by atoms with E-state index in [1.54, 1.807) is 0 Å². The van der Waals surface area contributed by atoms with Gasteiger partial charge in [0, 0.05) is 6.54 Å². The number of amides is 2. The summed E-state index contributed by atoms with van der Waals surface area (Å²) in [6.45, 7) is 0.509. The predicted octanol–water partition coefficient (Wildman–Crippen LogP) is 0.354. The maximum atomic E-state index is 12.5. The standard InChI is InChI=1S/C13H20N2O4/c14-11(16)10-6-3-7-15(10)12(17)8-4-1-2-5-9(8)13(18)19/h8-10H,1-7H2,(H2,14,16)(H,18,19). The molecule has 0 aromatic heterocycles. The highest BCUT2D eigenvalue weighted by molar-refractivity contribution is 5.90. The van der Waals surface area contributed by atoms with Gasteiger partial charge in [-0.15, -0.1) is 0 Å². The van der Waals surface area contributed by atoms with Crippen molar-refractivity contribution in [3.05, 3.63) is 0 Å². The molecule has 1 aliphatic carbocycles. The third-order valence-electron chi connectivity index (χ3n) is 4.26. The van der Waals surface area contributed by atoms with E-state index < -0.39 is 29.8 Å². The molecule has 3 N–H and O–H groups in total. The summed E-state index contributed by atoms with van der Waals surface area (Å²) in [6.07, 6.45) is 4.20. The second-order valence-corrected chi connectivity index (χ2v) is 5.43. The van der Waals surface area contributed by atoms with Gasteiger partial charge in [-0.3, -0.25) is 14.4 Å². The molecule has 106 valence electrons. The molecule has 0 radical (unpaired) electrons. The van der Waals surface area contributed by atoms with Gasteiger partial charge in [0.1, 0.15) is 6.04 Å². The Hall–Kier alpha value is -1.59. The summed E-state index contributed by atoms with van der Waals surface area (Å²) in [6, 6.07) is -0.552. The Morgan fingerprint density at radius 3 is 2.21 bits per heavy atom. The molecular weight excluding hydrogens is 248 g/mol. The van der Waals surface area contributed by atoms with Gasteiger partial charge in [0.15, 0.2) is 0 Å². The van der Waals surface area contributed by atoms with E-state index in [1.807, 2.05) is 0 Å². The number of carbonyl (C=O) groups excluding carboxylic acids is 2. The van der Waals surface area contributed by atoms with E-state index in [-0.39, 0.29) is 5.91 Å². The summed E-state index contributed by atoms with van der Waals surface area (Å²) in [5, 5.41) is 9.21. The Morgan fingerprint density at radius 1 is 1.00 bits per heavy atom. The van der Waals surface area contributed by atoms with E-state index >= 15 is 0 Å². The van der Waals surface area contributed by atoms with Crippen LogP contribution in [0.2, 0.25) is 0 Å². The van der Waals surface area contributed by atoms with Gasteiger partial charge in [-0.1, -0.05) is 12.8 Å². The first-order valence-electron chi connectivity index (χ1n) is 6.85.